The van der Waals surface area contributed by atoms with Gasteiger partial charge in [0.1, 0.15) is 0 Å². The van der Waals surface area contributed by atoms with Gasteiger partial charge in [0, 0.05) is 44.3 Å². The lowest BCUT2D eigenvalue weighted by atomic mass is 9.99. The van der Waals surface area contributed by atoms with Gasteiger partial charge in [0.2, 0.25) is 0 Å². The first-order valence-electron chi connectivity index (χ1n) is 45.9. The minimum Gasteiger partial charge on any atom is -0.453 e. The maximum Gasteiger partial charge on any atom is 0.154 e. The number of ether oxygens (including phenoxy) is 5. The number of hydrogen-bond acceptors (Lipinski definition) is 12. The summed E-state index contributed by atoms with van der Waals surface area (Å²) in [5, 5.41) is 0. The minimum absolute atomic E-state index is 0.410. The van der Waals surface area contributed by atoms with Crippen LogP contribution in [0.5, 0.6) is 57.5 Å². The van der Waals surface area contributed by atoms with Crippen LogP contribution in [-0.2, 0) is 0 Å². The van der Waals surface area contributed by atoms with Gasteiger partial charge in [-0.15, -0.1) is 0 Å². The summed E-state index contributed by atoms with van der Waals surface area (Å²) in [7, 11) is 0. The molecule has 11 nitrogen and oxygen atoms in total. The van der Waals surface area contributed by atoms with Gasteiger partial charge in [0.15, 0.2) is 57.5 Å². The molecular weight excluding hydrogens is 1640 g/mol. The summed E-state index contributed by atoms with van der Waals surface area (Å²) in [6.45, 7) is 26.6. The first kappa shape index (κ1) is 87.6. The van der Waals surface area contributed by atoms with Crippen LogP contribution in [0.1, 0.15) is 140 Å². The van der Waals surface area contributed by atoms with Gasteiger partial charge in [-0.25, -0.2) is 0 Å². The molecule has 17 aromatic rings. The average molecular weight is 1750 g/mol. The molecule has 0 unspecified atom stereocenters. The van der Waals surface area contributed by atoms with Crippen LogP contribution in [0.25, 0.3) is 0 Å². The summed E-state index contributed by atoms with van der Waals surface area (Å²) in [6, 6.07) is 143. The molecule has 6 aliphatic rings. The normalized spacial score (nSPS) is 12.7. The van der Waals surface area contributed by atoms with Crippen LogP contribution >= 0.6 is 11.8 Å². The molecule has 0 N–H and O–H groups in total. The van der Waals surface area contributed by atoms with Crippen molar-refractivity contribution in [2.75, 3.05) is 29.4 Å². The summed E-state index contributed by atoms with van der Waals surface area (Å²) >= 11 is 1.86. The topological polar surface area (TPSA) is 65.6 Å². The Morgan fingerprint density at radius 1 is 0.182 bits per heavy atom. The fourth-order valence-electron chi connectivity index (χ4n) is 17.5. The van der Waals surface area contributed by atoms with Crippen molar-refractivity contribution in [1.29, 1.82) is 0 Å². The Bertz CT molecular complexity index is 6680. The molecule has 6 heterocycles. The molecule has 12 heteroatoms. The Balaban J connectivity index is 0.000000106. The van der Waals surface area contributed by atoms with Gasteiger partial charge >= 0.3 is 0 Å². The lowest BCUT2D eigenvalue weighted by Crippen LogP contribution is -2.27. The fourth-order valence-corrected chi connectivity index (χ4v) is 18.6. The number of anilines is 17. The third-order valence-electron chi connectivity index (χ3n) is 24.1. The van der Waals surface area contributed by atoms with E-state index in [2.05, 4.69) is 398 Å². The molecule has 0 aromatic heterocycles. The highest BCUT2D eigenvalue weighted by Gasteiger charge is 2.34. The molecule has 0 bridgehead atoms. The standard InChI is InChI=1S/5C21H19NO.C15H15NS/c1-15(2)16-8-7-9-17(14-16)22-18-10-3-5-12-20(18)23-21-13-6-4-11-19(21)22;1-15(2)16-11-13-17(14-12-16)22-18-7-3-5-9-20(18)23-21-10-6-4-8-19(21)22;1-15(2)16-9-3-4-10-17(16)22-18-11-5-7-13-20(18)23-21-14-8-6-12-19(21)22;1-15(2)17-11-8-13-19-21(17)23-20-14-7-6-12-18(20)22(19)16-9-4-3-5-10-16;1-15(2)16-12-13-19-21(14-16)23-20-11-7-6-10-18(20)22(19)17-8-4-3-5-9-17;1-11(2)16-12-7-3-5-9-14(12)17-15-10-6-4-8-13(15)16/h5*3-15H,1-2H3;3-11H,1-2H3. The molecular formula is C120H110N6O5S. The molecule has 17 aromatic carbocycles. The second-order valence-electron chi connectivity index (χ2n) is 35.0. The van der Waals surface area contributed by atoms with Crippen molar-refractivity contribution in [1.82, 2.24) is 0 Å². The predicted octanol–water partition coefficient (Wildman–Crippen LogP) is 36.6. The molecule has 0 spiro atoms. The lowest BCUT2D eigenvalue weighted by Gasteiger charge is -2.35. The average Bonchev–Trinajstić information content (AvgIpc) is 0.861. The maximum absolute atomic E-state index is 6.28. The van der Waals surface area contributed by atoms with Crippen molar-refractivity contribution in [3.8, 4) is 57.5 Å². The molecule has 0 atom stereocenters. The van der Waals surface area contributed by atoms with E-state index in [-0.39, 0.29) is 0 Å². The molecule has 0 aliphatic carbocycles. The monoisotopic (exact) mass is 1750 g/mol. The Kier molecular flexibility index (Phi) is 26.2. The summed E-state index contributed by atoms with van der Waals surface area (Å²) in [6.07, 6.45) is 0. The van der Waals surface area contributed by atoms with E-state index >= 15 is 0 Å². The number of nitrogens with zero attached hydrogens (tertiary/aromatic N) is 6. The van der Waals surface area contributed by atoms with Crippen LogP contribution in [0, 0.1) is 0 Å². The highest BCUT2D eigenvalue weighted by molar-refractivity contribution is 7.99. The number of hydrogen-bond donors (Lipinski definition) is 0. The van der Waals surface area contributed by atoms with E-state index in [4.69, 9.17) is 23.7 Å². The minimum atomic E-state index is 0.410. The van der Waals surface area contributed by atoms with Crippen molar-refractivity contribution < 1.29 is 23.7 Å². The van der Waals surface area contributed by atoms with E-state index < -0.39 is 0 Å². The van der Waals surface area contributed by atoms with E-state index in [1.807, 2.05) is 139 Å². The third kappa shape index (κ3) is 18.4. The number of benzene rings is 17. The molecule has 0 fully saturated rings. The second-order valence-corrected chi connectivity index (χ2v) is 36.1. The van der Waals surface area contributed by atoms with Gasteiger partial charge in [-0.1, -0.05) is 299 Å². The third-order valence-corrected chi connectivity index (χ3v) is 25.3. The van der Waals surface area contributed by atoms with Crippen molar-refractivity contribution in [2.45, 2.75) is 129 Å². The van der Waals surface area contributed by atoms with Gasteiger partial charge in [-0.3, -0.25) is 0 Å². The van der Waals surface area contributed by atoms with Gasteiger partial charge in [-0.05, 0) is 265 Å². The largest absolute Gasteiger partial charge is 0.453 e. The van der Waals surface area contributed by atoms with Gasteiger partial charge in [-0.2, -0.15) is 0 Å². The number of rotatable bonds is 11. The van der Waals surface area contributed by atoms with E-state index in [0.717, 1.165) is 131 Å². The highest BCUT2D eigenvalue weighted by Crippen LogP contribution is 2.58. The Labute approximate surface area is 782 Å². The molecule has 656 valence electrons. The van der Waals surface area contributed by atoms with Gasteiger partial charge in [0.25, 0.3) is 0 Å². The summed E-state index contributed by atoms with van der Waals surface area (Å²) in [5.41, 5.74) is 25.8. The van der Waals surface area contributed by atoms with Crippen LogP contribution in [-0.4, -0.2) is 6.04 Å². The zero-order valence-electron chi connectivity index (χ0n) is 76.9. The van der Waals surface area contributed by atoms with Crippen LogP contribution in [0.15, 0.2) is 422 Å². The molecule has 0 radical (unpaired) electrons. The summed E-state index contributed by atoms with van der Waals surface area (Å²) < 4.78 is 30.7. The van der Waals surface area contributed by atoms with E-state index in [1.54, 1.807) is 0 Å². The Morgan fingerprint density at radius 3 is 0.864 bits per heavy atom. The van der Waals surface area contributed by atoms with Gasteiger partial charge in [0.05, 0.1) is 68.2 Å². The summed E-state index contributed by atoms with van der Waals surface area (Å²) in [5.74, 6) is 11.4. The first-order valence-corrected chi connectivity index (χ1v) is 46.7. The van der Waals surface area contributed by atoms with Crippen molar-refractivity contribution in [3.63, 3.8) is 0 Å². The van der Waals surface area contributed by atoms with E-state index in [9.17, 15) is 0 Å². The Morgan fingerprint density at radius 2 is 0.462 bits per heavy atom. The quantitative estimate of drug-likeness (QED) is 0.124. The maximum atomic E-state index is 6.28. The second kappa shape index (κ2) is 39.5. The lowest BCUT2D eigenvalue weighted by molar-refractivity contribution is 0.467. The van der Waals surface area contributed by atoms with Crippen molar-refractivity contribution in [3.05, 3.63) is 440 Å². The SMILES string of the molecule is CC(C)N1c2ccccc2Sc2ccccc21.CC(C)c1ccc(N2c3ccccc3Oc3ccccc32)cc1.CC(C)c1ccc2c(c1)Oc1ccccc1N2c1ccccc1.CC(C)c1cccc(N2c3ccccc3Oc3ccccc32)c1.CC(C)c1cccc2c1Oc1ccccc1N2c1ccccc1.CC(C)c1ccccc1N1c2ccccc2Oc2ccccc21. The zero-order valence-corrected chi connectivity index (χ0v) is 77.7. The van der Waals surface area contributed by atoms with Crippen LogP contribution in [0.3, 0.4) is 0 Å². The van der Waals surface area contributed by atoms with E-state index in [1.165, 1.54) is 60.4 Å². The van der Waals surface area contributed by atoms with Gasteiger partial charge < -0.3 is 53.1 Å². The zero-order chi connectivity index (χ0) is 90.9. The molecule has 132 heavy (non-hydrogen) atoms. The molecule has 0 amide bonds. The first-order chi connectivity index (χ1) is 64.5. The fraction of sp³-hybridized carbons (Fsp3) is 0.150. The van der Waals surface area contributed by atoms with Crippen molar-refractivity contribution >= 4 is 108 Å². The molecule has 6 aliphatic heterocycles. The smallest absolute Gasteiger partial charge is 0.154 e. The Hall–Kier alpha value is -15.1. The molecule has 0 saturated carbocycles. The summed E-state index contributed by atoms with van der Waals surface area (Å²) in [4.78, 5) is 16.5. The van der Waals surface area contributed by atoms with Crippen LogP contribution < -0.4 is 53.1 Å². The number of para-hydroxylation sites is 22. The van der Waals surface area contributed by atoms with Crippen LogP contribution in [0.2, 0.25) is 0 Å². The predicted molar refractivity (Wildman–Crippen MR) is 551 cm³/mol. The van der Waals surface area contributed by atoms with E-state index in [0.29, 0.717) is 35.6 Å². The molecule has 0 saturated heterocycles. The highest BCUT2D eigenvalue weighted by atomic mass is 32.2. The molecule has 23 rings (SSSR count). The van der Waals surface area contributed by atoms with Crippen molar-refractivity contribution in [2.24, 2.45) is 0 Å². The number of fused-ring (bicyclic) bond motifs is 12. The van der Waals surface area contributed by atoms with Crippen LogP contribution in [0.4, 0.5) is 96.7 Å².